The second-order valence-electron chi connectivity index (χ2n) is 6.47. The highest BCUT2D eigenvalue weighted by Gasteiger charge is 2.30. The van der Waals surface area contributed by atoms with Crippen molar-refractivity contribution >= 4 is 29.2 Å². The number of allylic oxidation sites excluding steroid dienone is 2. The number of esters is 1. The summed E-state index contributed by atoms with van der Waals surface area (Å²) in [7, 11) is 0. The molecule has 132 valence electrons. The zero-order valence-corrected chi connectivity index (χ0v) is 14.2. The lowest BCUT2D eigenvalue weighted by atomic mass is 9.95. The van der Waals surface area contributed by atoms with Gasteiger partial charge in [-0.2, -0.15) is 0 Å². The van der Waals surface area contributed by atoms with E-state index < -0.39 is 0 Å². The number of rotatable bonds is 3. The summed E-state index contributed by atoms with van der Waals surface area (Å²) in [6, 6.07) is 6.83. The number of hydrogen-bond acceptors (Lipinski definition) is 4. The molecule has 1 heterocycles. The minimum Gasteiger partial charge on any atom is -0.455 e. The van der Waals surface area contributed by atoms with Gasteiger partial charge < -0.3 is 15.0 Å². The van der Waals surface area contributed by atoms with Crippen LogP contribution < -0.4 is 10.2 Å². The molecule has 6 heteroatoms. The molecule has 0 aromatic heterocycles. The van der Waals surface area contributed by atoms with Crippen LogP contribution >= 0.6 is 0 Å². The van der Waals surface area contributed by atoms with Gasteiger partial charge in [0.2, 0.25) is 5.91 Å². The van der Waals surface area contributed by atoms with Crippen molar-refractivity contribution in [3.63, 3.8) is 0 Å². The van der Waals surface area contributed by atoms with Gasteiger partial charge in [-0.1, -0.05) is 24.3 Å². The Morgan fingerprint density at radius 2 is 2.08 bits per heavy atom. The summed E-state index contributed by atoms with van der Waals surface area (Å²) in [5.74, 6) is -0.963. The lowest BCUT2D eigenvalue weighted by Gasteiger charge is -2.28. The minimum absolute atomic E-state index is 0.138. The van der Waals surface area contributed by atoms with E-state index in [9.17, 15) is 14.4 Å². The van der Waals surface area contributed by atoms with Crippen LogP contribution in [0.5, 0.6) is 0 Å². The maximum atomic E-state index is 12.7. The van der Waals surface area contributed by atoms with Crippen molar-refractivity contribution in [2.45, 2.75) is 38.6 Å². The Labute approximate surface area is 146 Å². The Balaban J connectivity index is 1.71. The number of nitrogens with zero attached hydrogens (tertiary/aromatic N) is 1. The summed E-state index contributed by atoms with van der Waals surface area (Å²) in [6.07, 6.45) is 6.50. The van der Waals surface area contributed by atoms with Crippen LogP contribution in [0.1, 0.15) is 32.6 Å². The zero-order valence-electron chi connectivity index (χ0n) is 14.2. The molecular weight excluding hydrogens is 320 g/mol. The Morgan fingerprint density at radius 3 is 2.84 bits per heavy atom. The van der Waals surface area contributed by atoms with Gasteiger partial charge in [-0.25, -0.2) is 0 Å². The van der Waals surface area contributed by atoms with Crippen LogP contribution in [-0.4, -0.2) is 30.4 Å². The summed E-state index contributed by atoms with van der Waals surface area (Å²) in [5.41, 5.74) is 1.22. The van der Waals surface area contributed by atoms with Crippen LogP contribution in [0.3, 0.4) is 0 Å². The Kier molecular flexibility index (Phi) is 5.16. The fourth-order valence-corrected chi connectivity index (χ4v) is 3.30. The number of anilines is 2. The number of hydrogen-bond donors (Lipinski definition) is 1. The summed E-state index contributed by atoms with van der Waals surface area (Å²) in [4.78, 5) is 38.4. The number of ether oxygens (including phenoxy) is 1. The van der Waals surface area contributed by atoms with Crippen molar-refractivity contribution in [3.05, 3.63) is 36.4 Å². The predicted octanol–water partition coefficient (Wildman–Crippen LogP) is 2.65. The van der Waals surface area contributed by atoms with E-state index in [1.165, 1.54) is 0 Å². The van der Waals surface area contributed by atoms with Crippen molar-refractivity contribution in [2.24, 2.45) is 5.92 Å². The third-order valence-electron chi connectivity index (χ3n) is 4.57. The first kappa shape index (κ1) is 17.2. The van der Waals surface area contributed by atoms with Crippen molar-refractivity contribution < 1.29 is 19.1 Å². The molecule has 0 radical (unpaired) electrons. The standard InChI is InChI=1S/C19H22N2O4/c1-13-11-17(22)20-15-9-5-6-10-16(15)21(13)18(23)12-25-19(24)14-7-3-2-4-8-14/h2-3,5-6,9-10,13-14H,4,7-8,11-12H2,1H3,(H,20,22)/t13-,14+/m0/s1. The van der Waals surface area contributed by atoms with Crippen LogP contribution in [0, 0.1) is 5.92 Å². The van der Waals surface area contributed by atoms with E-state index in [1.54, 1.807) is 23.1 Å². The number of para-hydroxylation sites is 2. The van der Waals surface area contributed by atoms with E-state index in [2.05, 4.69) is 11.4 Å². The van der Waals surface area contributed by atoms with Gasteiger partial charge in [-0.15, -0.1) is 0 Å². The van der Waals surface area contributed by atoms with E-state index >= 15 is 0 Å². The molecule has 0 fully saturated rings. The molecule has 2 aliphatic rings. The van der Waals surface area contributed by atoms with Crippen LogP contribution in [-0.2, 0) is 19.1 Å². The Morgan fingerprint density at radius 1 is 1.28 bits per heavy atom. The molecule has 1 aliphatic heterocycles. The first-order valence-electron chi connectivity index (χ1n) is 8.59. The number of fused-ring (bicyclic) bond motifs is 1. The van der Waals surface area contributed by atoms with Gasteiger partial charge in [0.15, 0.2) is 6.61 Å². The summed E-state index contributed by atoms with van der Waals surface area (Å²) >= 11 is 0. The lowest BCUT2D eigenvalue weighted by molar-refractivity contribution is -0.152. The molecule has 1 aliphatic carbocycles. The summed E-state index contributed by atoms with van der Waals surface area (Å²) < 4.78 is 5.26. The highest BCUT2D eigenvalue weighted by Crippen LogP contribution is 2.31. The van der Waals surface area contributed by atoms with Crippen LogP contribution in [0.15, 0.2) is 36.4 Å². The second-order valence-corrected chi connectivity index (χ2v) is 6.47. The molecule has 25 heavy (non-hydrogen) atoms. The third kappa shape index (κ3) is 3.90. The van der Waals surface area contributed by atoms with Crippen LogP contribution in [0.2, 0.25) is 0 Å². The maximum Gasteiger partial charge on any atom is 0.309 e. The predicted molar refractivity (Wildman–Crippen MR) is 94.1 cm³/mol. The van der Waals surface area contributed by atoms with Gasteiger partial charge in [0, 0.05) is 12.5 Å². The van der Waals surface area contributed by atoms with E-state index in [1.807, 2.05) is 19.1 Å². The molecule has 0 spiro atoms. The van der Waals surface area contributed by atoms with Crippen LogP contribution in [0.25, 0.3) is 0 Å². The molecule has 0 saturated heterocycles. The van der Waals surface area contributed by atoms with Gasteiger partial charge in [-0.05, 0) is 38.3 Å². The number of carbonyl (C=O) groups excluding carboxylic acids is 3. The van der Waals surface area contributed by atoms with Gasteiger partial charge in [-0.3, -0.25) is 14.4 Å². The highest BCUT2D eigenvalue weighted by molar-refractivity contribution is 6.05. The van der Waals surface area contributed by atoms with Crippen molar-refractivity contribution in [3.8, 4) is 0 Å². The molecule has 2 amide bonds. The normalized spacial score (nSPS) is 22.6. The monoisotopic (exact) mass is 342 g/mol. The largest absolute Gasteiger partial charge is 0.455 e. The Bertz CT molecular complexity index is 713. The quantitative estimate of drug-likeness (QED) is 0.677. The van der Waals surface area contributed by atoms with Gasteiger partial charge >= 0.3 is 5.97 Å². The first-order chi connectivity index (χ1) is 12.1. The number of carbonyl (C=O) groups is 3. The SMILES string of the molecule is C[C@H]1CC(=O)Nc2ccccc2N1C(=O)COC(=O)[C@@H]1CC=CCC1. The van der Waals surface area contributed by atoms with Crippen molar-refractivity contribution in [1.82, 2.24) is 0 Å². The smallest absolute Gasteiger partial charge is 0.309 e. The molecule has 1 aromatic rings. The minimum atomic E-state index is -0.331. The van der Waals surface area contributed by atoms with Crippen LogP contribution in [0.4, 0.5) is 11.4 Å². The fraction of sp³-hybridized carbons (Fsp3) is 0.421. The first-order valence-corrected chi connectivity index (χ1v) is 8.59. The zero-order chi connectivity index (χ0) is 17.8. The van der Waals surface area contributed by atoms with E-state index in [4.69, 9.17) is 4.74 Å². The average Bonchev–Trinajstić information content (AvgIpc) is 2.74. The number of benzene rings is 1. The topological polar surface area (TPSA) is 75.7 Å². The number of nitrogens with one attached hydrogen (secondary N) is 1. The molecule has 2 atom stereocenters. The summed E-state index contributed by atoms with van der Waals surface area (Å²) in [6.45, 7) is 1.50. The average molecular weight is 342 g/mol. The second kappa shape index (κ2) is 7.51. The van der Waals surface area contributed by atoms with E-state index in [0.29, 0.717) is 17.8 Å². The number of amides is 2. The summed E-state index contributed by atoms with van der Waals surface area (Å²) in [5, 5.41) is 2.81. The highest BCUT2D eigenvalue weighted by atomic mass is 16.5. The lowest BCUT2D eigenvalue weighted by Crippen LogP contribution is -2.41. The van der Waals surface area contributed by atoms with Gasteiger partial charge in [0.1, 0.15) is 0 Å². The van der Waals surface area contributed by atoms with E-state index in [-0.39, 0.29) is 42.8 Å². The van der Waals surface area contributed by atoms with Gasteiger partial charge in [0.25, 0.3) is 5.91 Å². The molecule has 1 aromatic carbocycles. The maximum absolute atomic E-state index is 12.7. The molecule has 3 rings (SSSR count). The van der Waals surface area contributed by atoms with E-state index in [0.717, 1.165) is 12.8 Å². The molecule has 0 saturated carbocycles. The van der Waals surface area contributed by atoms with Crippen molar-refractivity contribution in [2.75, 3.05) is 16.8 Å². The Hall–Kier alpha value is -2.63. The van der Waals surface area contributed by atoms with Crippen molar-refractivity contribution in [1.29, 1.82) is 0 Å². The molecular formula is C19H22N2O4. The molecule has 0 unspecified atom stereocenters. The van der Waals surface area contributed by atoms with Gasteiger partial charge in [0.05, 0.1) is 17.3 Å². The molecule has 0 bridgehead atoms. The molecule has 1 N–H and O–H groups in total. The molecule has 6 nitrogen and oxygen atoms in total. The fourth-order valence-electron chi connectivity index (χ4n) is 3.30. The third-order valence-corrected chi connectivity index (χ3v) is 4.57.